The quantitative estimate of drug-likeness (QED) is 0.628. The molecule has 6 nitrogen and oxygen atoms in total. The maximum atomic E-state index is 9.54. The Labute approximate surface area is 114 Å². The summed E-state index contributed by atoms with van der Waals surface area (Å²) in [6, 6.07) is 1.88. The van der Waals surface area contributed by atoms with Gasteiger partial charge in [0, 0.05) is 26.3 Å². The van der Waals surface area contributed by atoms with Crippen molar-refractivity contribution in [2.24, 2.45) is 0 Å². The van der Waals surface area contributed by atoms with Gasteiger partial charge in [0.15, 0.2) is 0 Å². The fraction of sp³-hybridized carbons (Fsp3) is 0.692. The number of rotatable bonds is 9. The lowest BCUT2D eigenvalue weighted by atomic mass is 10.2. The van der Waals surface area contributed by atoms with Crippen LogP contribution in [0.1, 0.15) is 25.6 Å². The number of aryl methyl sites for hydroxylation is 1. The van der Waals surface area contributed by atoms with Gasteiger partial charge in [0.25, 0.3) is 0 Å². The van der Waals surface area contributed by atoms with E-state index in [1.807, 2.05) is 13.0 Å². The number of nitrogens with one attached hydrogen (secondary N) is 2. The van der Waals surface area contributed by atoms with E-state index in [0.717, 1.165) is 30.4 Å². The van der Waals surface area contributed by atoms with Crippen LogP contribution in [0.3, 0.4) is 0 Å². The smallest absolute Gasteiger partial charge is 0.131 e. The number of aromatic nitrogens is 2. The van der Waals surface area contributed by atoms with Crippen LogP contribution in [-0.4, -0.2) is 48.0 Å². The van der Waals surface area contributed by atoms with Crippen LogP contribution in [0.2, 0.25) is 0 Å². The summed E-state index contributed by atoms with van der Waals surface area (Å²) in [4.78, 5) is 8.62. The Balaban J connectivity index is 2.46. The predicted octanol–water partition coefficient (Wildman–Crippen LogP) is 1.42. The molecule has 1 aromatic rings. The number of ether oxygens (including phenoxy) is 1. The molecule has 1 rings (SSSR count). The number of anilines is 2. The molecule has 0 aromatic carbocycles. The number of nitrogens with zero attached hydrogens (tertiary/aromatic N) is 2. The monoisotopic (exact) mass is 268 g/mol. The Morgan fingerprint density at radius 2 is 1.89 bits per heavy atom. The third-order valence-corrected chi connectivity index (χ3v) is 2.54. The van der Waals surface area contributed by atoms with E-state index in [4.69, 9.17) is 4.74 Å². The molecule has 0 aliphatic carbocycles. The molecule has 0 saturated heterocycles. The fourth-order valence-electron chi connectivity index (χ4n) is 1.64. The first kappa shape index (κ1) is 15.7. The van der Waals surface area contributed by atoms with Gasteiger partial charge < -0.3 is 20.5 Å². The SMILES string of the molecule is CCCNc1cc(NCCC(O)COC)nc(C)n1. The summed E-state index contributed by atoms with van der Waals surface area (Å²) in [5, 5.41) is 16.0. The maximum absolute atomic E-state index is 9.54. The largest absolute Gasteiger partial charge is 0.391 e. The van der Waals surface area contributed by atoms with Gasteiger partial charge in [-0.15, -0.1) is 0 Å². The first-order valence-electron chi connectivity index (χ1n) is 6.66. The van der Waals surface area contributed by atoms with Crippen molar-refractivity contribution in [2.75, 3.05) is 37.4 Å². The summed E-state index contributed by atoms with van der Waals surface area (Å²) in [5.74, 6) is 2.33. The molecule has 19 heavy (non-hydrogen) atoms. The molecule has 0 aliphatic rings. The molecule has 0 aliphatic heterocycles. The normalized spacial score (nSPS) is 12.2. The Hall–Kier alpha value is -1.40. The van der Waals surface area contributed by atoms with Crippen molar-refractivity contribution < 1.29 is 9.84 Å². The average molecular weight is 268 g/mol. The number of aliphatic hydroxyl groups excluding tert-OH is 1. The van der Waals surface area contributed by atoms with Crippen LogP contribution in [0.15, 0.2) is 6.07 Å². The fourth-order valence-corrected chi connectivity index (χ4v) is 1.64. The van der Waals surface area contributed by atoms with E-state index in [9.17, 15) is 5.11 Å². The molecule has 0 saturated carbocycles. The minimum atomic E-state index is -0.446. The van der Waals surface area contributed by atoms with E-state index in [1.54, 1.807) is 7.11 Å². The highest BCUT2D eigenvalue weighted by atomic mass is 16.5. The molecule has 6 heteroatoms. The van der Waals surface area contributed by atoms with Crippen LogP contribution < -0.4 is 10.6 Å². The lowest BCUT2D eigenvalue weighted by molar-refractivity contribution is 0.0615. The number of hydrogen-bond acceptors (Lipinski definition) is 6. The summed E-state index contributed by atoms with van der Waals surface area (Å²) in [6.07, 6.45) is 1.22. The summed E-state index contributed by atoms with van der Waals surface area (Å²) in [6.45, 7) is 5.86. The lowest BCUT2D eigenvalue weighted by Crippen LogP contribution is -2.19. The molecular weight excluding hydrogens is 244 g/mol. The highest BCUT2D eigenvalue weighted by Crippen LogP contribution is 2.11. The van der Waals surface area contributed by atoms with Gasteiger partial charge >= 0.3 is 0 Å². The van der Waals surface area contributed by atoms with Crippen molar-refractivity contribution in [1.82, 2.24) is 9.97 Å². The number of aliphatic hydroxyl groups is 1. The van der Waals surface area contributed by atoms with Crippen LogP contribution >= 0.6 is 0 Å². The number of methoxy groups -OCH3 is 1. The molecule has 0 fully saturated rings. The van der Waals surface area contributed by atoms with Gasteiger partial charge in [0.05, 0.1) is 12.7 Å². The van der Waals surface area contributed by atoms with Gasteiger partial charge in [0.1, 0.15) is 17.5 Å². The second-order valence-corrected chi connectivity index (χ2v) is 4.44. The average Bonchev–Trinajstić information content (AvgIpc) is 2.36. The Morgan fingerprint density at radius 3 is 2.47 bits per heavy atom. The van der Waals surface area contributed by atoms with E-state index in [1.165, 1.54) is 0 Å². The molecule has 1 unspecified atom stereocenters. The first-order chi connectivity index (χ1) is 9.15. The molecule has 0 bridgehead atoms. The molecular formula is C13H24N4O2. The van der Waals surface area contributed by atoms with Crippen molar-refractivity contribution >= 4 is 11.6 Å². The highest BCUT2D eigenvalue weighted by Gasteiger charge is 2.04. The van der Waals surface area contributed by atoms with Crippen LogP contribution in [0.5, 0.6) is 0 Å². The summed E-state index contributed by atoms with van der Waals surface area (Å²) >= 11 is 0. The van der Waals surface area contributed by atoms with Crippen molar-refractivity contribution in [3.63, 3.8) is 0 Å². The standard InChI is InChI=1S/C13H24N4O2/c1-4-6-14-12-8-13(17-10(2)16-12)15-7-5-11(18)9-19-3/h8,11,18H,4-7,9H2,1-3H3,(H2,14,15,16,17). The molecule has 0 amide bonds. The van der Waals surface area contributed by atoms with E-state index in [2.05, 4.69) is 27.5 Å². The molecule has 1 heterocycles. The minimum absolute atomic E-state index is 0.355. The van der Waals surface area contributed by atoms with Crippen LogP contribution in [0.4, 0.5) is 11.6 Å². The summed E-state index contributed by atoms with van der Waals surface area (Å²) < 4.78 is 4.88. The van der Waals surface area contributed by atoms with E-state index in [0.29, 0.717) is 19.6 Å². The maximum Gasteiger partial charge on any atom is 0.131 e. The molecule has 1 aromatic heterocycles. The van der Waals surface area contributed by atoms with Gasteiger partial charge in [-0.05, 0) is 19.8 Å². The Bertz CT molecular complexity index is 374. The third-order valence-electron chi connectivity index (χ3n) is 2.54. The van der Waals surface area contributed by atoms with Crippen molar-refractivity contribution in [1.29, 1.82) is 0 Å². The molecule has 3 N–H and O–H groups in total. The van der Waals surface area contributed by atoms with Crippen LogP contribution in [0.25, 0.3) is 0 Å². The lowest BCUT2D eigenvalue weighted by Gasteiger charge is -2.12. The third kappa shape index (κ3) is 6.35. The zero-order valence-electron chi connectivity index (χ0n) is 11.9. The van der Waals surface area contributed by atoms with Gasteiger partial charge in [-0.3, -0.25) is 0 Å². The molecule has 0 radical (unpaired) electrons. The van der Waals surface area contributed by atoms with Crippen molar-refractivity contribution in [3.05, 3.63) is 11.9 Å². The van der Waals surface area contributed by atoms with Crippen LogP contribution in [0, 0.1) is 6.92 Å². The second kappa shape index (κ2) is 8.66. The van der Waals surface area contributed by atoms with E-state index >= 15 is 0 Å². The van der Waals surface area contributed by atoms with Gasteiger partial charge in [-0.25, -0.2) is 9.97 Å². The molecule has 1 atom stereocenters. The summed E-state index contributed by atoms with van der Waals surface area (Å²) in [5.41, 5.74) is 0. The highest BCUT2D eigenvalue weighted by molar-refractivity contribution is 5.47. The zero-order chi connectivity index (χ0) is 14.1. The Kier molecular flexibility index (Phi) is 7.14. The second-order valence-electron chi connectivity index (χ2n) is 4.44. The van der Waals surface area contributed by atoms with E-state index in [-0.39, 0.29) is 0 Å². The Morgan fingerprint density at radius 1 is 1.26 bits per heavy atom. The van der Waals surface area contributed by atoms with Crippen LogP contribution in [-0.2, 0) is 4.74 Å². The van der Waals surface area contributed by atoms with E-state index < -0.39 is 6.10 Å². The number of hydrogen-bond donors (Lipinski definition) is 3. The topological polar surface area (TPSA) is 79.3 Å². The summed E-state index contributed by atoms with van der Waals surface area (Å²) in [7, 11) is 1.58. The van der Waals surface area contributed by atoms with Crippen molar-refractivity contribution in [2.45, 2.75) is 32.8 Å². The minimum Gasteiger partial charge on any atom is -0.391 e. The first-order valence-corrected chi connectivity index (χ1v) is 6.66. The van der Waals surface area contributed by atoms with Gasteiger partial charge in [0.2, 0.25) is 0 Å². The predicted molar refractivity (Wildman–Crippen MR) is 76.5 cm³/mol. The van der Waals surface area contributed by atoms with Gasteiger partial charge in [-0.1, -0.05) is 6.92 Å². The molecule has 0 spiro atoms. The van der Waals surface area contributed by atoms with Gasteiger partial charge in [-0.2, -0.15) is 0 Å². The van der Waals surface area contributed by atoms with Crippen molar-refractivity contribution in [3.8, 4) is 0 Å². The molecule has 108 valence electrons. The zero-order valence-corrected chi connectivity index (χ0v) is 11.9.